The van der Waals surface area contributed by atoms with Crippen molar-refractivity contribution in [2.24, 2.45) is 0 Å². The maximum Gasteiger partial charge on any atom is 0.151 e. The molecule has 2 aliphatic heterocycles. The Morgan fingerprint density at radius 1 is 0.462 bits per heavy atom. The quantitative estimate of drug-likeness (QED) is 0.182. The van der Waals surface area contributed by atoms with Gasteiger partial charge in [-0.1, -0.05) is 135 Å². The van der Waals surface area contributed by atoms with Crippen LogP contribution in [0.4, 0.5) is 34.1 Å². The maximum atomic E-state index is 6.42. The molecule has 0 aliphatic carbocycles. The van der Waals surface area contributed by atoms with E-state index in [0.717, 1.165) is 39.9 Å². The molecule has 2 heterocycles. The lowest BCUT2D eigenvalue weighted by atomic mass is 9.72. The van der Waals surface area contributed by atoms with E-state index in [-0.39, 0.29) is 5.41 Å². The molecular weight excluding hydrogens is 633 g/mol. The second-order valence-electron chi connectivity index (χ2n) is 14.2. The average Bonchev–Trinajstić information content (AvgIpc) is 3.20. The highest BCUT2D eigenvalue weighted by Gasteiger charge is 2.41. The molecule has 10 rings (SSSR count). The van der Waals surface area contributed by atoms with Crippen molar-refractivity contribution in [3.63, 3.8) is 0 Å². The molecule has 2 aliphatic rings. The summed E-state index contributed by atoms with van der Waals surface area (Å²) in [5.74, 6) is 1.78. The summed E-state index contributed by atoms with van der Waals surface area (Å²) in [4.78, 5) is 4.77. The van der Waals surface area contributed by atoms with Gasteiger partial charge >= 0.3 is 0 Å². The maximum absolute atomic E-state index is 6.42. The first-order valence-corrected chi connectivity index (χ1v) is 17.9. The van der Waals surface area contributed by atoms with E-state index < -0.39 is 0 Å². The van der Waals surface area contributed by atoms with Gasteiger partial charge in [0.05, 0.1) is 22.7 Å². The fourth-order valence-electron chi connectivity index (χ4n) is 8.18. The van der Waals surface area contributed by atoms with Crippen LogP contribution in [-0.4, -0.2) is 0 Å². The molecule has 3 heteroatoms. The Morgan fingerprint density at radius 3 is 1.85 bits per heavy atom. The molecule has 0 amide bonds. The molecular formula is C49H36N2O. The Labute approximate surface area is 304 Å². The first kappa shape index (κ1) is 30.3. The molecule has 0 fully saturated rings. The lowest BCUT2D eigenvalue weighted by molar-refractivity contribution is 0.471. The van der Waals surface area contributed by atoms with Gasteiger partial charge in [-0.3, -0.25) is 0 Å². The highest BCUT2D eigenvalue weighted by molar-refractivity contribution is 5.99. The number of benzene rings is 8. The number of anilines is 6. The summed E-state index contributed by atoms with van der Waals surface area (Å²) in [5.41, 5.74) is 13.9. The van der Waals surface area contributed by atoms with Crippen LogP contribution in [0.15, 0.2) is 182 Å². The molecule has 3 nitrogen and oxygen atoms in total. The standard InChI is InChI=1S/C49H36N2O/c1-49(2)41-17-11-21-47-48(41)51(45-18-8-9-20-46(45)52-47)44-31-26-37(32-42(44)49)35-24-29-39(30-25-35)50(43-19-10-15-36-14-6-7-16-40(36)43)38-27-22-34(23-28-38)33-12-4-3-5-13-33/h3-32H,1-2H3. The summed E-state index contributed by atoms with van der Waals surface area (Å²) in [6.07, 6.45) is 0. The van der Waals surface area contributed by atoms with Crippen LogP contribution in [0.3, 0.4) is 0 Å². The number of fused-ring (bicyclic) bond motifs is 5. The third-order valence-electron chi connectivity index (χ3n) is 10.8. The van der Waals surface area contributed by atoms with Crippen molar-refractivity contribution in [2.75, 3.05) is 9.80 Å². The van der Waals surface area contributed by atoms with Crippen molar-refractivity contribution >= 4 is 44.9 Å². The molecule has 248 valence electrons. The number of nitrogens with zero attached hydrogens (tertiary/aromatic N) is 2. The molecule has 0 saturated heterocycles. The van der Waals surface area contributed by atoms with Crippen LogP contribution in [0, 0.1) is 0 Å². The van der Waals surface area contributed by atoms with Gasteiger partial charge in [-0.15, -0.1) is 0 Å². The predicted molar refractivity (Wildman–Crippen MR) is 216 cm³/mol. The van der Waals surface area contributed by atoms with Gasteiger partial charge in [-0.05, 0) is 99.4 Å². The minimum atomic E-state index is -0.222. The monoisotopic (exact) mass is 668 g/mol. The Hall–Kier alpha value is -6.58. The zero-order valence-corrected chi connectivity index (χ0v) is 29.1. The Bertz CT molecular complexity index is 2620. The third-order valence-corrected chi connectivity index (χ3v) is 10.8. The van der Waals surface area contributed by atoms with Gasteiger partial charge in [0.1, 0.15) is 0 Å². The van der Waals surface area contributed by atoms with Crippen LogP contribution in [-0.2, 0) is 5.41 Å². The fourth-order valence-corrected chi connectivity index (χ4v) is 8.18. The van der Waals surface area contributed by atoms with E-state index in [0.29, 0.717) is 0 Å². The Kier molecular flexibility index (Phi) is 6.84. The van der Waals surface area contributed by atoms with Crippen molar-refractivity contribution in [3.05, 3.63) is 193 Å². The first-order valence-electron chi connectivity index (χ1n) is 17.9. The Morgan fingerprint density at radius 2 is 1.06 bits per heavy atom. The van der Waals surface area contributed by atoms with Gasteiger partial charge < -0.3 is 14.5 Å². The molecule has 0 unspecified atom stereocenters. The van der Waals surface area contributed by atoms with Crippen LogP contribution in [0.25, 0.3) is 33.0 Å². The van der Waals surface area contributed by atoms with Crippen LogP contribution >= 0.6 is 0 Å². The van der Waals surface area contributed by atoms with E-state index in [4.69, 9.17) is 4.74 Å². The number of para-hydroxylation sites is 3. The second-order valence-corrected chi connectivity index (χ2v) is 14.2. The van der Waals surface area contributed by atoms with Gasteiger partial charge in [0.25, 0.3) is 0 Å². The SMILES string of the molecule is CC1(C)c2cc(-c3ccc(N(c4ccc(-c5ccccc5)cc4)c4cccc5ccccc45)cc3)ccc2N2c3ccccc3Oc3cccc1c32. The summed E-state index contributed by atoms with van der Waals surface area (Å²) >= 11 is 0. The minimum absolute atomic E-state index is 0.222. The number of ether oxygens (including phenoxy) is 1. The van der Waals surface area contributed by atoms with Crippen molar-refractivity contribution in [1.29, 1.82) is 0 Å². The number of hydrogen-bond acceptors (Lipinski definition) is 3. The molecule has 0 bridgehead atoms. The molecule has 52 heavy (non-hydrogen) atoms. The highest BCUT2D eigenvalue weighted by atomic mass is 16.5. The summed E-state index contributed by atoms with van der Waals surface area (Å²) in [6, 6.07) is 65.4. The summed E-state index contributed by atoms with van der Waals surface area (Å²) < 4.78 is 6.42. The van der Waals surface area contributed by atoms with Crippen LogP contribution in [0.2, 0.25) is 0 Å². The van der Waals surface area contributed by atoms with Crippen molar-refractivity contribution in [1.82, 2.24) is 0 Å². The molecule has 0 spiro atoms. The van der Waals surface area contributed by atoms with Gasteiger partial charge in [0, 0.05) is 22.2 Å². The number of rotatable bonds is 5. The third kappa shape index (κ3) is 4.74. The summed E-state index contributed by atoms with van der Waals surface area (Å²) in [5, 5.41) is 2.43. The lowest BCUT2D eigenvalue weighted by Gasteiger charge is -2.45. The fraction of sp³-hybridized carbons (Fsp3) is 0.0612. The predicted octanol–water partition coefficient (Wildman–Crippen LogP) is 13.9. The minimum Gasteiger partial charge on any atom is -0.453 e. The van der Waals surface area contributed by atoms with E-state index in [2.05, 4.69) is 200 Å². The van der Waals surface area contributed by atoms with E-state index in [9.17, 15) is 0 Å². The Balaban J connectivity index is 1.06. The van der Waals surface area contributed by atoms with Crippen molar-refractivity contribution in [3.8, 4) is 33.8 Å². The highest BCUT2D eigenvalue weighted by Crippen LogP contribution is 2.60. The largest absolute Gasteiger partial charge is 0.453 e. The number of hydrogen-bond donors (Lipinski definition) is 0. The van der Waals surface area contributed by atoms with Crippen LogP contribution in [0.5, 0.6) is 11.5 Å². The molecule has 8 aromatic carbocycles. The van der Waals surface area contributed by atoms with Crippen LogP contribution < -0.4 is 14.5 Å². The zero-order valence-electron chi connectivity index (χ0n) is 29.1. The molecule has 0 radical (unpaired) electrons. The van der Waals surface area contributed by atoms with Crippen molar-refractivity contribution < 1.29 is 4.74 Å². The molecule has 0 atom stereocenters. The molecule has 0 aromatic heterocycles. The second kappa shape index (κ2) is 11.8. The lowest BCUT2D eigenvalue weighted by Crippen LogP contribution is -2.32. The van der Waals surface area contributed by atoms with Gasteiger partial charge in [-0.25, -0.2) is 0 Å². The summed E-state index contributed by atoms with van der Waals surface area (Å²) in [7, 11) is 0. The van der Waals surface area contributed by atoms with E-state index in [1.165, 1.54) is 49.8 Å². The van der Waals surface area contributed by atoms with Gasteiger partial charge in [0.2, 0.25) is 0 Å². The van der Waals surface area contributed by atoms with Crippen LogP contribution in [0.1, 0.15) is 25.0 Å². The zero-order chi connectivity index (χ0) is 34.8. The van der Waals surface area contributed by atoms with Gasteiger partial charge in [-0.2, -0.15) is 0 Å². The smallest absolute Gasteiger partial charge is 0.151 e. The van der Waals surface area contributed by atoms with E-state index in [1.807, 2.05) is 6.07 Å². The molecule has 0 N–H and O–H groups in total. The topological polar surface area (TPSA) is 15.7 Å². The molecule has 8 aromatic rings. The van der Waals surface area contributed by atoms with E-state index in [1.54, 1.807) is 0 Å². The van der Waals surface area contributed by atoms with Crippen molar-refractivity contribution in [2.45, 2.75) is 19.3 Å². The van der Waals surface area contributed by atoms with E-state index >= 15 is 0 Å². The van der Waals surface area contributed by atoms with Gasteiger partial charge in [0.15, 0.2) is 11.5 Å². The molecule has 0 saturated carbocycles. The summed E-state index contributed by atoms with van der Waals surface area (Å²) in [6.45, 7) is 4.66. The average molecular weight is 669 g/mol. The normalized spacial score (nSPS) is 13.5. The first-order chi connectivity index (χ1) is 25.5.